The number of hydrogen-bond acceptors (Lipinski definition) is 4. The second-order valence-electron chi connectivity index (χ2n) is 4.97. The van der Waals surface area contributed by atoms with E-state index in [9.17, 15) is 9.90 Å². The van der Waals surface area contributed by atoms with Crippen LogP contribution in [-0.4, -0.2) is 37.0 Å². The lowest BCUT2D eigenvalue weighted by atomic mass is 10.0. The lowest BCUT2D eigenvalue weighted by Gasteiger charge is -2.22. The molecule has 0 aliphatic rings. The first-order chi connectivity index (χ1) is 9.65. The summed E-state index contributed by atoms with van der Waals surface area (Å²) in [6.45, 7) is 4.17. The lowest BCUT2D eigenvalue weighted by Crippen LogP contribution is -2.29. The molecule has 4 nitrogen and oxygen atoms in total. The molecule has 1 N–H and O–H groups in total. The molecule has 0 bridgehead atoms. The van der Waals surface area contributed by atoms with Crippen LogP contribution in [0.2, 0.25) is 0 Å². The van der Waals surface area contributed by atoms with Gasteiger partial charge < -0.3 is 14.6 Å². The van der Waals surface area contributed by atoms with E-state index in [1.165, 1.54) is 0 Å². The summed E-state index contributed by atoms with van der Waals surface area (Å²) < 4.78 is 10.4. The van der Waals surface area contributed by atoms with E-state index in [4.69, 9.17) is 9.47 Å². The lowest BCUT2D eigenvalue weighted by molar-refractivity contribution is -0.116. The normalized spacial score (nSPS) is 14.6. The van der Waals surface area contributed by atoms with E-state index in [1.807, 2.05) is 13.0 Å². The number of allylic oxidation sites excluding steroid dienone is 2. The molecule has 2 atom stereocenters. The predicted octanol–water partition coefficient (Wildman–Crippen LogP) is 3.23. The summed E-state index contributed by atoms with van der Waals surface area (Å²) in [4.78, 5) is 11.1. The van der Waals surface area contributed by atoms with Gasteiger partial charge in [-0.2, -0.15) is 0 Å². The minimum Gasteiger partial charge on any atom is -0.390 e. The van der Waals surface area contributed by atoms with Crippen molar-refractivity contribution >= 4 is 5.78 Å². The zero-order valence-electron chi connectivity index (χ0n) is 13.1. The number of hydrogen-bond donors (Lipinski definition) is 1. The number of unbranched alkanes of at least 4 members (excludes halogenated alkanes) is 2. The van der Waals surface area contributed by atoms with Crippen molar-refractivity contribution in [3.8, 4) is 0 Å². The maximum atomic E-state index is 11.1. The maximum Gasteiger partial charge on any atom is 0.155 e. The Morgan fingerprint density at radius 3 is 2.60 bits per heavy atom. The van der Waals surface area contributed by atoms with Gasteiger partial charge in [0.2, 0.25) is 0 Å². The molecular weight excluding hydrogens is 256 g/mol. The molecule has 118 valence electrons. The third-order valence-corrected chi connectivity index (χ3v) is 3.20. The summed E-state index contributed by atoms with van der Waals surface area (Å²) in [7, 11) is 1.57. The molecule has 0 heterocycles. The fraction of sp³-hybridized carbons (Fsp3) is 0.812. The van der Waals surface area contributed by atoms with Gasteiger partial charge in [0.25, 0.3) is 0 Å². The molecule has 0 unspecified atom stereocenters. The molecule has 0 aromatic rings. The molecule has 0 aromatic carbocycles. The highest BCUT2D eigenvalue weighted by molar-refractivity contribution is 5.89. The van der Waals surface area contributed by atoms with Gasteiger partial charge in [-0.3, -0.25) is 4.79 Å². The topological polar surface area (TPSA) is 55.8 Å². The molecule has 0 aromatic heterocycles. The molecule has 0 rings (SSSR count). The van der Waals surface area contributed by atoms with E-state index < -0.39 is 6.10 Å². The van der Waals surface area contributed by atoms with E-state index in [0.29, 0.717) is 12.8 Å². The fourth-order valence-electron chi connectivity index (χ4n) is 1.92. The SMILES string of the molecule is CCCCC[C@@H](O)[C@H](CC/C=C/C(=O)CC)OCOC. The summed E-state index contributed by atoms with van der Waals surface area (Å²) in [6.07, 6.45) is 8.74. The molecule has 0 aliphatic heterocycles. The first-order valence-corrected chi connectivity index (χ1v) is 7.63. The van der Waals surface area contributed by atoms with E-state index in [1.54, 1.807) is 13.2 Å². The van der Waals surface area contributed by atoms with Gasteiger partial charge in [-0.25, -0.2) is 0 Å². The third-order valence-electron chi connectivity index (χ3n) is 3.20. The second kappa shape index (κ2) is 13.3. The first-order valence-electron chi connectivity index (χ1n) is 7.63. The van der Waals surface area contributed by atoms with Gasteiger partial charge in [-0.05, 0) is 25.3 Å². The number of ether oxygens (including phenoxy) is 2. The van der Waals surface area contributed by atoms with Gasteiger partial charge in [0.1, 0.15) is 6.79 Å². The molecule has 0 aliphatic carbocycles. The molecule has 0 spiro atoms. The van der Waals surface area contributed by atoms with Crippen LogP contribution >= 0.6 is 0 Å². The number of methoxy groups -OCH3 is 1. The van der Waals surface area contributed by atoms with Crippen LogP contribution in [-0.2, 0) is 14.3 Å². The first kappa shape index (κ1) is 19.3. The minimum absolute atomic E-state index is 0.128. The van der Waals surface area contributed by atoms with E-state index in [-0.39, 0.29) is 18.7 Å². The van der Waals surface area contributed by atoms with Crippen molar-refractivity contribution in [1.82, 2.24) is 0 Å². The van der Waals surface area contributed by atoms with Gasteiger partial charge in [0.15, 0.2) is 5.78 Å². The van der Waals surface area contributed by atoms with Crippen LogP contribution in [0.5, 0.6) is 0 Å². The van der Waals surface area contributed by atoms with Gasteiger partial charge in [-0.15, -0.1) is 0 Å². The number of ketones is 1. The monoisotopic (exact) mass is 286 g/mol. The van der Waals surface area contributed by atoms with Crippen LogP contribution in [0.25, 0.3) is 0 Å². The zero-order chi connectivity index (χ0) is 15.2. The number of aliphatic hydroxyl groups excluding tert-OH is 1. The molecule has 20 heavy (non-hydrogen) atoms. The molecule has 0 amide bonds. The summed E-state index contributed by atoms with van der Waals surface area (Å²) in [5, 5.41) is 10.1. The van der Waals surface area contributed by atoms with E-state index >= 15 is 0 Å². The fourth-order valence-corrected chi connectivity index (χ4v) is 1.92. The summed E-state index contributed by atoms with van der Waals surface area (Å²) >= 11 is 0. The Morgan fingerprint density at radius 1 is 1.25 bits per heavy atom. The van der Waals surface area contributed by atoms with Crippen molar-refractivity contribution in [3.05, 3.63) is 12.2 Å². The molecule has 0 radical (unpaired) electrons. The van der Waals surface area contributed by atoms with Crippen LogP contribution in [0.1, 0.15) is 58.8 Å². The van der Waals surface area contributed by atoms with Crippen molar-refractivity contribution in [2.24, 2.45) is 0 Å². The van der Waals surface area contributed by atoms with Crippen molar-refractivity contribution in [3.63, 3.8) is 0 Å². The Morgan fingerprint density at radius 2 is 2.00 bits per heavy atom. The number of carbonyl (C=O) groups is 1. The quantitative estimate of drug-likeness (QED) is 0.321. The molecular formula is C16H30O4. The highest BCUT2D eigenvalue weighted by Crippen LogP contribution is 2.14. The zero-order valence-corrected chi connectivity index (χ0v) is 13.1. The average molecular weight is 286 g/mol. The van der Waals surface area contributed by atoms with Crippen molar-refractivity contribution in [1.29, 1.82) is 0 Å². The Balaban J connectivity index is 4.11. The maximum absolute atomic E-state index is 11.1. The Kier molecular flexibility index (Phi) is 12.8. The highest BCUT2D eigenvalue weighted by Gasteiger charge is 2.18. The van der Waals surface area contributed by atoms with E-state index in [2.05, 4.69) is 6.92 Å². The van der Waals surface area contributed by atoms with Crippen LogP contribution < -0.4 is 0 Å². The molecule has 0 saturated heterocycles. The number of rotatable bonds is 13. The van der Waals surface area contributed by atoms with E-state index in [0.717, 1.165) is 32.1 Å². The van der Waals surface area contributed by atoms with Gasteiger partial charge >= 0.3 is 0 Å². The van der Waals surface area contributed by atoms with Crippen molar-refractivity contribution in [2.45, 2.75) is 71.0 Å². The smallest absolute Gasteiger partial charge is 0.155 e. The average Bonchev–Trinajstić information content (AvgIpc) is 2.46. The minimum atomic E-state index is -0.466. The highest BCUT2D eigenvalue weighted by atomic mass is 16.7. The van der Waals surface area contributed by atoms with Crippen LogP contribution in [0.4, 0.5) is 0 Å². The summed E-state index contributed by atoms with van der Waals surface area (Å²) in [6, 6.07) is 0. The summed E-state index contributed by atoms with van der Waals surface area (Å²) in [5.41, 5.74) is 0. The van der Waals surface area contributed by atoms with Crippen LogP contribution in [0.3, 0.4) is 0 Å². The largest absolute Gasteiger partial charge is 0.390 e. The number of aliphatic hydroxyl groups is 1. The molecule has 0 fully saturated rings. The van der Waals surface area contributed by atoms with Gasteiger partial charge in [-0.1, -0.05) is 39.2 Å². The Labute approximate surface area is 123 Å². The molecule has 0 saturated carbocycles. The van der Waals surface area contributed by atoms with Crippen molar-refractivity contribution in [2.75, 3.05) is 13.9 Å². The standard InChI is InChI=1S/C16H30O4/c1-4-6-7-11-15(18)16(20-13-19-3)12-9-8-10-14(17)5-2/h8,10,15-16,18H,4-7,9,11-13H2,1-3H3/b10-8+/t15-,16+/m1/s1. The van der Waals surface area contributed by atoms with Crippen molar-refractivity contribution < 1.29 is 19.4 Å². The second-order valence-corrected chi connectivity index (χ2v) is 4.97. The van der Waals surface area contributed by atoms with Gasteiger partial charge in [0, 0.05) is 13.5 Å². The number of carbonyl (C=O) groups excluding carboxylic acids is 1. The Hall–Kier alpha value is -0.710. The summed E-state index contributed by atoms with van der Waals surface area (Å²) in [5.74, 6) is 0.128. The predicted molar refractivity (Wildman–Crippen MR) is 80.6 cm³/mol. The van der Waals surface area contributed by atoms with Gasteiger partial charge in [0.05, 0.1) is 12.2 Å². The van der Waals surface area contributed by atoms with Crippen LogP contribution in [0.15, 0.2) is 12.2 Å². The molecule has 4 heteroatoms. The third kappa shape index (κ3) is 10.1. The Bertz CT molecular complexity index is 263. The van der Waals surface area contributed by atoms with Crippen LogP contribution in [0, 0.1) is 0 Å².